The molecule has 8 N–H and O–H groups in total. The van der Waals surface area contributed by atoms with E-state index >= 15 is 0 Å². The minimum absolute atomic E-state index is 0.0720. The number of hydrogen-bond donors (Lipinski definition) is 8. The first-order valence-corrected chi connectivity index (χ1v) is 9.86. The molecule has 7 atom stereocenters. The number of carbonyl (C=O) groups is 2. The number of carboxylic acid groups (broad SMARTS) is 1. The monoisotopic (exact) mass is 480 g/mol. The summed E-state index contributed by atoms with van der Waals surface area (Å²) in [4.78, 5) is 24.7. The lowest BCUT2D eigenvalue weighted by Gasteiger charge is -2.41. The van der Waals surface area contributed by atoms with Crippen LogP contribution in [-0.4, -0.2) is 89.4 Å². The van der Waals surface area contributed by atoms with Gasteiger partial charge in [-0.25, -0.2) is 4.79 Å². The number of aromatic hydroxyl groups is 4. The Bertz CT molecular complexity index is 1130. The molecule has 2 aliphatic heterocycles. The number of carbonyl (C=O) groups excluding carboxylic acids is 1. The van der Waals surface area contributed by atoms with Crippen LogP contribution in [0.1, 0.15) is 22.0 Å². The SMILES string of the molecule is O=C(O)[C@H]1O[C@@H](O[C@H]2C(=O)c3c(O)cc(O)cc3O[C@H]2c2ccc(O)c(O)c2)[C@H](O)[C@@H](O)[C@@H]1O. The average Bonchev–Trinajstić information content (AvgIpc) is 2.76. The molecule has 0 aliphatic carbocycles. The van der Waals surface area contributed by atoms with Gasteiger partial charge in [0.05, 0.1) is 0 Å². The minimum atomic E-state index is -2.01. The third kappa shape index (κ3) is 3.95. The van der Waals surface area contributed by atoms with Crippen molar-refractivity contribution in [2.24, 2.45) is 0 Å². The Kier molecular flexibility index (Phi) is 5.97. The summed E-state index contributed by atoms with van der Waals surface area (Å²) in [6.45, 7) is 0. The second kappa shape index (κ2) is 8.62. The van der Waals surface area contributed by atoms with E-state index < -0.39 is 83.2 Å². The van der Waals surface area contributed by atoms with Crippen LogP contribution < -0.4 is 4.74 Å². The van der Waals surface area contributed by atoms with Crippen LogP contribution in [0, 0.1) is 0 Å². The Balaban J connectivity index is 1.76. The first-order valence-electron chi connectivity index (χ1n) is 9.86. The van der Waals surface area contributed by atoms with Gasteiger partial charge in [-0.05, 0) is 17.7 Å². The first kappa shape index (κ1) is 23.5. The molecular formula is C21H20O13. The number of phenolic OH excluding ortho intramolecular Hbond substituents is 4. The normalized spacial score (nSPS) is 30.9. The maximum atomic E-state index is 13.3. The van der Waals surface area contributed by atoms with Crippen LogP contribution in [-0.2, 0) is 14.3 Å². The molecule has 0 amide bonds. The van der Waals surface area contributed by atoms with Gasteiger partial charge in [0.1, 0.15) is 41.1 Å². The molecule has 2 aliphatic rings. The van der Waals surface area contributed by atoms with Crippen molar-refractivity contribution in [3.63, 3.8) is 0 Å². The number of fused-ring (bicyclic) bond motifs is 1. The third-order valence-corrected chi connectivity index (χ3v) is 5.52. The molecule has 0 spiro atoms. The van der Waals surface area contributed by atoms with Crippen LogP contribution in [0.3, 0.4) is 0 Å². The average molecular weight is 480 g/mol. The topological polar surface area (TPSA) is 224 Å². The fraction of sp³-hybridized carbons (Fsp3) is 0.333. The van der Waals surface area contributed by atoms with E-state index in [1.807, 2.05) is 0 Å². The highest BCUT2D eigenvalue weighted by molar-refractivity contribution is 6.05. The molecule has 0 saturated carbocycles. The number of hydrogen-bond acceptors (Lipinski definition) is 12. The van der Waals surface area contributed by atoms with Crippen LogP contribution in [0.4, 0.5) is 0 Å². The van der Waals surface area contributed by atoms with Crippen molar-refractivity contribution in [1.29, 1.82) is 0 Å². The zero-order valence-electron chi connectivity index (χ0n) is 17.0. The molecule has 2 heterocycles. The highest BCUT2D eigenvalue weighted by atomic mass is 16.7. The molecule has 2 aromatic rings. The molecule has 4 rings (SSSR count). The van der Waals surface area contributed by atoms with Crippen molar-refractivity contribution in [2.45, 2.75) is 42.9 Å². The molecule has 13 nitrogen and oxygen atoms in total. The maximum Gasteiger partial charge on any atom is 0.335 e. The Labute approximate surface area is 190 Å². The number of aliphatic hydroxyl groups is 3. The smallest absolute Gasteiger partial charge is 0.335 e. The van der Waals surface area contributed by atoms with Gasteiger partial charge in [-0.3, -0.25) is 4.79 Å². The van der Waals surface area contributed by atoms with Gasteiger partial charge >= 0.3 is 5.97 Å². The second-order valence-electron chi connectivity index (χ2n) is 7.78. The Morgan fingerprint density at radius 2 is 1.59 bits per heavy atom. The second-order valence-corrected chi connectivity index (χ2v) is 7.78. The molecule has 1 saturated heterocycles. The Hall–Kier alpha value is -3.62. The van der Waals surface area contributed by atoms with Crippen LogP contribution in [0.15, 0.2) is 30.3 Å². The zero-order valence-corrected chi connectivity index (χ0v) is 17.0. The summed E-state index contributed by atoms with van der Waals surface area (Å²) < 4.78 is 16.3. The van der Waals surface area contributed by atoms with Crippen molar-refractivity contribution < 1.29 is 64.7 Å². The number of carboxylic acids is 1. The molecule has 0 unspecified atom stereocenters. The van der Waals surface area contributed by atoms with Gasteiger partial charge in [0.2, 0.25) is 5.78 Å². The molecular weight excluding hydrogens is 460 g/mol. The standard InChI is InChI=1S/C21H20O13/c22-7-4-10(25)12-11(5-7)32-17(6-1-2-8(23)9(24)3-6)18(13(12)26)33-21-16(29)14(27)15(28)19(34-21)20(30)31/h1-5,14-19,21-25,27-29H,(H,30,31)/t14-,15-,16+,17-,18-,19-,21+/m0/s1. The summed E-state index contributed by atoms with van der Waals surface area (Å²) in [5.41, 5.74) is -0.328. The summed E-state index contributed by atoms with van der Waals surface area (Å²) in [5, 5.41) is 78.9. The highest BCUT2D eigenvalue weighted by Gasteiger charge is 2.51. The van der Waals surface area contributed by atoms with Crippen LogP contribution >= 0.6 is 0 Å². The molecule has 182 valence electrons. The van der Waals surface area contributed by atoms with Gasteiger partial charge in [0.15, 0.2) is 36.1 Å². The number of aliphatic carboxylic acids is 1. The quantitative estimate of drug-likeness (QED) is 0.249. The van der Waals surface area contributed by atoms with E-state index in [-0.39, 0.29) is 11.3 Å². The van der Waals surface area contributed by atoms with Gasteiger partial charge in [-0.1, -0.05) is 6.07 Å². The van der Waals surface area contributed by atoms with Crippen molar-refractivity contribution in [3.8, 4) is 28.7 Å². The minimum Gasteiger partial charge on any atom is -0.508 e. The van der Waals surface area contributed by atoms with Gasteiger partial charge < -0.3 is 55.1 Å². The number of aliphatic hydroxyl groups excluding tert-OH is 3. The molecule has 0 radical (unpaired) electrons. The number of ether oxygens (including phenoxy) is 3. The van der Waals surface area contributed by atoms with Crippen molar-refractivity contribution in [2.75, 3.05) is 0 Å². The van der Waals surface area contributed by atoms with E-state index in [1.165, 1.54) is 6.07 Å². The summed E-state index contributed by atoms with van der Waals surface area (Å²) >= 11 is 0. The molecule has 13 heteroatoms. The summed E-state index contributed by atoms with van der Waals surface area (Å²) in [7, 11) is 0. The summed E-state index contributed by atoms with van der Waals surface area (Å²) in [6, 6.07) is 5.33. The van der Waals surface area contributed by atoms with E-state index in [4.69, 9.17) is 14.2 Å². The van der Waals surface area contributed by atoms with E-state index in [0.29, 0.717) is 0 Å². The van der Waals surface area contributed by atoms with Gasteiger partial charge in [0.25, 0.3) is 0 Å². The van der Waals surface area contributed by atoms with Crippen molar-refractivity contribution >= 4 is 11.8 Å². The van der Waals surface area contributed by atoms with Crippen LogP contribution in [0.2, 0.25) is 0 Å². The first-order chi connectivity index (χ1) is 16.0. The van der Waals surface area contributed by atoms with Gasteiger partial charge in [0, 0.05) is 12.1 Å². The predicted octanol–water partition coefficient (Wildman–Crippen LogP) is -0.897. The third-order valence-electron chi connectivity index (χ3n) is 5.52. The van der Waals surface area contributed by atoms with Gasteiger partial charge in [-0.2, -0.15) is 0 Å². The van der Waals surface area contributed by atoms with E-state index in [1.54, 1.807) is 0 Å². The highest BCUT2D eigenvalue weighted by Crippen LogP contribution is 2.44. The molecule has 34 heavy (non-hydrogen) atoms. The largest absolute Gasteiger partial charge is 0.508 e. The fourth-order valence-electron chi connectivity index (χ4n) is 3.81. The zero-order chi connectivity index (χ0) is 24.9. The maximum absolute atomic E-state index is 13.3. The van der Waals surface area contributed by atoms with E-state index in [0.717, 1.165) is 24.3 Å². The van der Waals surface area contributed by atoms with Crippen molar-refractivity contribution in [1.82, 2.24) is 0 Å². The fourth-order valence-corrected chi connectivity index (χ4v) is 3.81. The number of ketones is 1. The number of phenols is 4. The molecule has 2 aromatic carbocycles. The van der Waals surface area contributed by atoms with Crippen LogP contribution in [0.5, 0.6) is 28.7 Å². The predicted molar refractivity (Wildman–Crippen MR) is 106 cm³/mol. The van der Waals surface area contributed by atoms with E-state index in [9.17, 15) is 50.4 Å². The molecule has 0 aromatic heterocycles. The number of benzene rings is 2. The number of Topliss-reactive ketones (excluding diaryl/α,β-unsaturated/α-hetero) is 1. The lowest BCUT2D eigenvalue weighted by Crippen LogP contribution is -2.61. The summed E-state index contributed by atoms with van der Waals surface area (Å²) in [6.07, 6.45) is -13.1. The summed E-state index contributed by atoms with van der Waals surface area (Å²) in [5.74, 6) is -4.99. The lowest BCUT2D eigenvalue weighted by atomic mass is 9.92. The van der Waals surface area contributed by atoms with Crippen LogP contribution in [0.25, 0.3) is 0 Å². The van der Waals surface area contributed by atoms with Gasteiger partial charge in [-0.15, -0.1) is 0 Å². The van der Waals surface area contributed by atoms with Crippen molar-refractivity contribution in [3.05, 3.63) is 41.5 Å². The van der Waals surface area contributed by atoms with E-state index in [2.05, 4.69) is 0 Å². The Morgan fingerprint density at radius 1 is 0.882 bits per heavy atom. The molecule has 1 fully saturated rings. The number of rotatable bonds is 4. The lowest BCUT2D eigenvalue weighted by molar-refractivity contribution is -0.304. The Morgan fingerprint density at radius 3 is 2.24 bits per heavy atom. The molecule has 0 bridgehead atoms.